The second-order valence-electron chi connectivity index (χ2n) is 5.71. The van der Waals surface area contributed by atoms with E-state index in [4.69, 9.17) is 4.74 Å². The summed E-state index contributed by atoms with van der Waals surface area (Å²) in [4.78, 5) is 25.3. The fraction of sp³-hybridized carbons (Fsp3) is 0.158. The molecule has 0 spiro atoms. The number of thioether (sulfide) groups is 1. The molecule has 1 N–H and O–H groups in total. The molecule has 0 saturated carbocycles. The number of esters is 1. The van der Waals surface area contributed by atoms with E-state index in [9.17, 15) is 9.59 Å². The van der Waals surface area contributed by atoms with Crippen LogP contribution in [0, 0.1) is 0 Å². The maximum Gasteiger partial charge on any atom is 0.307 e. The van der Waals surface area contributed by atoms with Crippen LogP contribution in [0.5, 0.6) is 0 Å². The third-order valence-electron chi connectivity index (χ3n) is 4.01. The van der Waals surface area contributed by atoms with Crippen molar-refractivity contribution in [1.82, 2.24) is 0 Å². The van der Waals surface area contributed by atoms with Crippen molar-refractivity contribution in [3.05, 3.63) is 59.5 Å². The average Bonchev–Trinajstić information content (AvgIpc) is 3.04. The molecule has 0 saturated heterocycles. The number of amides is 1. The number of nitrogens with one attached hydrogen (secondary N) is 1. The smallest absolute Gasteiger partial charge is 0.307 e. The molecule has 0 aliphatic carbocycles. The van der Waals surface area contributed by atoms with Crippen LogP contribution in [0.3, 0.4) is 0 Å². The topological polar surface area (TPSA) is 55.4 Å². The Morgan fingerprint density at radius 3 is 2.84 bits per heavy atom. The highest BCUT2D eigenvalue weighted by Crippen LogP contribution is 2.36. The molecule has 1 atom stereocenters. The Morgan fingerprint density at radius 1 is 1.12 bits per heavy atom. The molecule has 3 aromatic rings. The van der Waals surface area contributed by atoms with Crippen LogP contribution in [0.4, 0.5) is 5.69 Å². The van der Waals surface area contributed by atoms with Crippen molar-refractivity contribution < 1.29 is 14.3 Å². The van der Waals surface area contributed by atoms with Crippen LogP contribution in [-0.2, 0) is 20.9 Å². The SMILES string of the molecule is O=C(CC1Sc2ccccc2NC1=O)OCc1csc2ccccc12. The van der Waals surface area contributed by atoms with Crippen LogP contribution in [0.2, 0.25) is 0 Å². The van der Waals surface area contributed by atoms with Crippen LogP contribution in [-0.4, -0.2) is 17.1 Å². The number of para-hydroxylation sites is 1. The number of anilines is 1. The first-order chi connectivity index (χ1) is 12.2. The molecule has 6 heteroatoms. The number of thiophene rings is 1. The maximum absolute atomic E-state index is 12.2. The summed E-state index contributed by atoms with van der Waals surface area (Å²) >= 11 is 3.04. The number of hydrogen-bond donors (Lipinski definition) is 1. The van der Waals surface area contributed by atoms with Gasteiger partial charge in [-0.15, -0.1) is 23.1 Å². The van der Waals surface area contributed by atoms with Gasteiger partial charge >= 0.3 is 5.97 Å². The van der Waals surface area contributed by atoms with Crippen molar-refractivity contribution in [2.24, 2.45) is 0 Å². The van der Waals surface area contributed by atoms with Crippen LogP contribution in [0.25, 0.3) is 10.1 Å². The number of hydrogen-bond acceptors (Lipinski definition) is 5. The van der Waals surface area contributed by atoms with E-state index in [0.29, 0.717) is 0 Å². The summed E-state index contributed by atoms with van der Waals surface area (Å²) in [6.07, 6.45) is 0.0624. The first-order valence-electron chi connectivity index (χ1n) is 7.88. The number of fused-ring (bicyclic) bond motifs is 2. The molecule has 0 fully saturated rings. The van der Waals surface area contributed by atoms with E-state index in [-0.39, 0.29) is 24.9 Å². The lowest BCUT2D eigenvalue weighted by atomic mass is 10.2. The van der Waals surface area contributed by atoms with Crippen molar-refractivity contribution in [2.75, 3.05) is 5.32 Å². The normalized spacial score (nSPS) is 16.3. The fourth-order valence-corrected chi connectivity index (χ4v) is 4.78. The van der Waals surface area contributed by atoms with Gasteiger partial charge in [0, 0.05) is 15.2 Å². The number of benzene rings is 2. The van der Waals surface area contributed by atoms with E-state index in [0.717, 1.165) is 21.5 Å². The molecule has 1 aliphatic heterocycles. The molecule has 1 aliphatic rings. The predicted octanol–water partition coefficient (Wildman–Crippen LogP) is 4.45. The average molecular weight is 369 g/mol. The van der Waals surface area contributed by atoms with E-state index in [1.807, 2.05) is 53.9 Å². The summed E-state index contributed by atoms with van der Waals surface area (Å²) in [7, 11) is 0. The standard InChI is InChI=1S/C19H15NO3S2/c21-18(23-10-12-11-24-15-7-3-1-5-13(12)15)9-17-19(22)20-14-6-2-4-8-16(14)25-17/h1-8,11,17H,9-10H2,(H,20,22). The fourth-order valence-electron chi connectivity index (χ4n) is 2.74. The zero-order valence-corrected chi connectivity index (χ0v) is 14.9. The third kappa shape index (κ3) is 3.41. The van der Waals surface area contributed by atoms with Gasteiger partial charge in [0.15, 0.2) is 0 Å². The number of carbonyl (C=O) groups is 2. The van der Waals surface area contributed by atoms with Gasteiger partial charge in [-0.1, -0.05) is 30.3 Å². The molecule has 2 heterocycles. The summed E-state index contributed by atoms with van der Waals surface area (Å²) < 4.78 is 6.58. The third-order valence-corrected chi connectivity index (χ3v) is 6.30. The molecule has 25 heavy (non-hydrogen) atoms. The molecule has 126 valence electrons. The summed E-state index contributed by atoms with van der Waals surface area (Å²) in [6, 6.07) is 15.6. The Labute approximate surface area is 153 Å². The van der Waals surface area contributed by atoms with E-state index >= 15 is 0 Å². The molecule has 1 unspecified atom stereocenters. The van der Waals surface area contributed by atoms with Gasteiger partial charge < -0.3 is 10.1 Å². The van der Waals surface area contributed by atoms with E-state index in [2.05, 4.69) is 5.32 Å². The van der Waals surface area contributed by atoms with Gasteiger partial charge in [0.2, 0.25) is 5.91 Å². The molecular weight excluding hydrogens is 354 g/mol. The second-order valence-corrected chi connectivity index (χ2v) is 7.87. The molecule has 1 amide bonds. The van der Waals surface area contributed by atoms with Gasteiger partial charge in [0.05, 0.1) is 17.4 Å². The molecule has 0 bridgehead atoms. The number of rotatable bonds is 4. The number of ether oxygens (including phenoxy) is 1. The lowest BCUT2D eigenvalue weighted by Crippen LogP contribution is -2.31. The summed E-state index contributed by atoms with van der Waals surface area (Å²) in [5.41, 5.74) is 1.80. The van der Waals surface area contributed by atoms with Gasteiger partial charge in [-0.05, 0) is 29.0 Å². The molecule has 0 radical (unpaired) electrons. The Balaban J connectivity index is 1.39. The largest absolute Gasteiger partial charge is 0.461 e. The zero-order chi connectivity index (χ0) is 17.2. The first-order valence-corrected chi connectivity index (χ1v) is 9.64. The van der Waals surface area contributed by atoms with Crippen molar-refractivity contribution in [3.8, 4) is 0 Å². The van der Waals surface area contributed by atoms with Gasteiger partial charge in [-0.25, -0.2) is 0 Å². The highest BCUT2D eigenvalue weighted by Gasteiger charge is 2.29. The highest BCUT2D eigenvalue weighted by molar-refractivity contribution is 8.01. The molecule has 1 aromatic heterocycles. The Bertz CT molecular complexity index is 951. The van der Waals surface area contributed by atoms with Crippen LogP contribution in [0.15, 0.2) is 58.8 Å². The number of carbonyl (C=O) groups excluding carboxylic acids is 2. The Hall–Kier alpha value is -2.31. The van der Waals surface area contributed by atoms with E-state index < -0.39 is 5.25 Å². The molecule has 4 rings (SSSR count). The van der Waals surface area contributed by atoms with Crippen molar-refractivity contribution in [3.63, 3.8) is 0 Å². The van der Waals surface area contributed by atoms with Crippen LogP contribution < -0.4 is 5.32 Å². The summed E-state index contributed by atoms with van der Waals surface area (Å²) in [5.74, 6) is -0.510. The lowest BCUT2D eigenvalue weighted by molar-refractivity contribution is -0.145. The van der Waals surface area contributed by atoms with E-state index in [1.54, 1.807) is 11.3 Å². The maximum atomic E-state index is 12.2. The monoisotopic (exact) mass is 369 g/mol. The summed E-state index contributed by atoms with van der Waals surface area (Å²) in [5, 5.41) is 5.51. The van der Waals surface area contributed by atoms with Gasteiger partial charge in [0.25, 0.3) is 0 Å². The lowest BCUT2D eigenvalue weighted by Gasteiger charge is -2.23. The van der Waals surface area contributed by atoms with E-state index in [1.165, 1.54) is 16.5 Å². The van der Waals surface area contributed by atoms with Crippen LogP contribution >= 0.6 is 23.1 Å². The molecule has 4 nitrogen and oxygen atoms in total. The summed E-state index contributed by atoms with van der Waals surface area (Å²) in [6.45, 7) is 0.235. The molecular formula is C19H15NO3S2. The quantitative estimate of drug-likeness (QED) is 0.691. The Morgan fingerprint density at radius 2 is 1.92 bits per heavy atom. The van der Waals surface area contributed by atoms with Crippen molar-refractivity contribution in [1.29, 1.82) is 0 Å². The first kappa shape index (κ1) is 16.2. The zero-order valence-electron chi connectivity index (χ0n) is 13.2. The van der Waals surface area contributed by atoms with Gasteiger partial charge in [0.1, 0.15) is 6.61 Å². The highest BCUT2D eigenvalue weighted by atomic mass is 32.2. The Kier molecular flexibility index (Phi) is 4.46. The van der Waals surface area contributed by atoms with Crippen molar-refractivity contribution >= 4 is 50.7 Å². The van der Waals surface area contributed by atoms with Crippen LogP contribution in [0.1, 0.15) is 12.0 Å². The minimum absolute atomic E-state index is 0.0624. The second kappa shape index (κ2) is 6.90. The molecule has 2 aromatic carbocycles. The minimum atomic E-state index is -0.457. The van der Waals surface area contributed by atoms with Gasteiger partial charge in [-0.3, -0.25) is 9.59 Å². The minimum Gasteiger partial charge on any atom is -0.461 e. The van der Waals surface area contributed by atoms with Gasteiger partial charge in [-0.2, -0.15) is 0 Å². The predicted molar refractivity (Wildman–Crippen MR) is 101 cm³/mol. The van der Waals surface area contributed by atoms with Crippen molar-refractivity contribution in [2.45, 2.75) is 23.2 Å².